The van der Waals surface area contributed by atoms with E-state index < -0.39 is 0 Å². The Labute approximate surface area is 143 Å². The molecule has 24 heavy (non-hydrogen) atoms. The highest BCUT2D eigenvalue weighted by atomic mass is 16.5. The van der Waals surface area contributed by atoms with Gasteiger partial charge in [-0.2, -0.15) is 0 Å². The van der Waals surface area contributed by atoms with Crippen LogP contribution in [0.5, 0.6) is 5.75 Å². The van der Waals surface area contributed by atoms with Crippen LogP contribution in [0.4, 0.5) is 0 Å². The van der Waals surface area contributed by atoms with Gasteiger partial charge in [-0.15, -0.1) is 0 Å². The molecule has 0 radical (unpaired) electrons. The molecule has 3 heteroatoms. The molecule has 0 heterocycles. The van der Waals surface area contributed by atoms with Crippen LogP contribution < -0.4 is 10.5 Å². The number of hydrogen-bond acceptors (Lipinski definition) is 3. The zero-order chi connectivity index (χ0) is 16.3. The van der Waals surface area contributed by atoms with Gasteiger partial charge in [-0.1, -0.05) is 12.1 Å². The third kappa shape index (κ3) is 2.48. The molecule has 4 bridgehead atoms. The van der Waals surface area contributed by atoms with Crippen molar-refractivity contribution in [3.8, 4) is 5.75 Å². The molecule has 0 aliphatic heterocycles. The summed E-state index contributed by atoms with van der Waals surface area (Å²) < 4.78 is 5.44. The van der Waals surface area contributed by atoms with Gasteiger partial charge in [-0.3, -0.25) is 4.79 Å². The van der Waals surface area contributed by atoms with Gasteiger partial charge in [0.1, 0.15) is 5.75 Å². The number of benzene rings is 1. The van der Waals surface area contributed by atoms with Gasteiger partial charge in [-0.25, -0.2) is 0 Å². The smallest absolute Gasteiger partial charge is 0.314 e. The van der Waals surface area contributed by atoms with E-state index in [1.54, 1.807) is 0 Å². The van der Waals surface area contributed by atoms with Crippen LogP contribution in [-0.4, -0.2) is 5.97 Å². The lowest BCUT2D eigenvalue weighted by atomic mass is 9.47. The molecule has 3 nitrogen and oxygen atoms in total. The van der Waals surface area contributed by atoms with Crippen molar-refractivity contribution >= 4 is 5.97 Å². The third-order valence-electron chi connectivity index (χ3n) is 7.11. The first-order chi connectivity index (χ1) is 11.6. The molecule has 5 aliphatic carbocycles. The number of carbonyl (C=O) groups is 1. The summed E-state index contributed by atoms with van der Waals surface area (Å²) in [6, 6.07) is 8.14. The van der Waals surface area contributed by atoms with E-state index in [0.29, 0.717) is 11.2 Å². The molecule has 1 aromatic carbocycles. The minimum absolute atomic E-state index is 0.0758. The maximum atomic E-state index is 11.8. The second-order valence-electron chi connectivity index (χ2n) is 9.02. The zero-order valence-electron chi connectivity index (χ0n) is 14.2. The van der Waals surface area contributed by atoms with Crippen molar-refractivity contribution in [3.05, 3.63) is 29.8 Å². The zero-order valence-corrected chi connectivity index (χ0v) is 14.2. The lowest BCUT2D eigenvalue weighted by molar-refractivity contribution is -0.135. The monoisotopic (exact) mass is 325 g/mol. The van der Waals surface area contributed by atoms with Crippen LogP contribution in [0.3, 0.4) is 0 Å². The summed E-state index contributed by atoms with van der Waals surface area (Å²) in [6.07, 6.45) is 10.3. The molecule has 2 N–H and O–H groups in total. The van der Waals surface area contributed by atoms with Crippen molar-refractivity contribution in [1.82, 2.24) is 0 Å². The molecule has 5 fully saturated rings. The number of hydrogen-bond donors (Lipinski definition) is 1. The van der Waals surface area contributed by atoms with Crippen LogP contribution in [0.15, 0.2) is 24.3 Å². The van der Waals surface area contributed by atoms with Gasteiger partial charge < -0.3 is 10.5 Å². The van der Waals surface area contributed by atoms with Crippen molar-refractivity contribution in [2.24, 2.45) is 34.8 Å². The van der Waals surface area contributed by atoms with Gasteiger partial charge in [0.2, 0.25) is 0 Å². The van der Waals surface area contributed by atoms with Crippen molar-refractivity contribution in [1.29, 1.82) is 0 Å². The fourth-order valence-corrected chi connectivity index (χ4v) is 6.17. The van der Waals surface area contributed by atoms with Crippen molar-refractivity contribution in [2.45, 2.75) is 57.4 Å². The average Bonchev–Trinajstić information content (AvgIpc) is 3.38. The maximum Gasteiger partial charge on any atom is 0.314 e. The summed E-state index contributed by atoms with van der Waals surface area (Å²) in [6.45, 7) is 0. The topological polar surface area (TPSA) is 52.3 Å². The van der Waals surface area contributed by atoms with Crippen LogP contribution in [0.1, 0.15) is 63.0 Å². The molecule has 1 aromatic rings. The van der Waals surface area contributed by atoms with Crippen LogP contribution in [0.25, 0.3) is 0 Å². The van der Waals surface area contributed by atoms with Crippen LogP contribution in [0.2, 0.25) is 0 Å². The SMILES string of the molecule is NC(c1ccc(OC(=O)C2CC2)cc1)C12CC3CC(CC(C3)C1)C2. The molecule has 5 aliphatic rings. The summed E-state index contributed by atoms with van der Waals surface area (Å²) in [5, 5.41) is 0. The molecule has 128 valence electrons. The number of rotatable bonds is 4. The first-order valence-corrected chi connectivity index (χ1v) is 9.68. The van der Waals surface area contributed by atoms with Gasteiger partial charge in [0.25, 0.3) is 0 Å². The Bertz CT molecular complexity index is 611. The summed E-state index contributed by atoms with van der Waals surface area (Å²) in [4.78, 5) is 11.8. The second-order valence-corrected chi connectivity index (χ2v) is 9.02. The Morgan fingerprint density at radius 2 is 1.54 bits per heavy atom. The number of ether oxygens (including phenoxy) is 1. The normalized spacial score (nSPS) is 38.1. The molecule has 6 rings (SSSR count). The molecule has 0 saturated heterocycles. The van der Waals surface area contributed by atoms with Crippen LogP contribution in [0, 0.1) is 29.1 Å². The molecule has 1 atom stereocenters. The highest BCUT2D eigenvalue weighted by Gasteiger charge is 2.53. The van der Waals surface area contributed by atoms with Crippen LogP contribution in [-0.2, 0) is 4.79 Å². The van der Waals surface area contributed by atoms with Gasteiger partial charge in [0.05, 0.1) is 5.92 Å². The number of esters is 1. The lowest BCUT2D eigenvalue weighted by Gasteiger charge is -2.59. The van der Waals surface area contributed by atoms with E-state index >= 15 is 0 Å². The highest BCUT2D eigenvalue weighted by molar-refractivity contribution is 5.77. The van der Waals surface area contributed by atoms with Gasteiger partial charge >= 0.3 is 5.97 Å². The fraction of sp³-hybridized carbons (Fsp3) is 0.667. The standard InChI is InChI=1S/C21H27NO2/c22-19(21-10-13-7-14(11-21)9-15(8-13)12-21)16-3-5-18(6-4-16)24-20(23)17-1-2-17/h3-6,13-15,17,19H,1-2,7-12,22H2. The lowest BCUT2D eigenvalue weighted by Crippen LogP contribution is -2.50. The Balaban J connectivity index is 1.33. The number of carbonyl (C=O) groups excluding carboxylic acids is 1. The minimum Gasteiger partial charge on any atom is -0.426 e. The fourth-order valence-electron chi connectivity index (χ4n) is 6.17. The minimum atomic E-state index is -0.0758. The second kappa shape index (κ2) is 5.32. The molecular formula is C21H27NO2. The summed E-state index contributed by atoms with van der Waals surface area (Å²) in [7, 11) is 0. The average molecular weight is 325 g/mol. The molecule has 0 spiro atoms. The molecule has 0 aromatic heterocycles. The first kappa shape index (κ1) is 14.9. The Morgan fingerprint density at radius 3 is 2.04 bits per heavy atom. The van der Waals surface area contributed by atoms with Gasteiger partial charge in [0.15, 0.2) is 0 Å². The van der Waals surface area contributed by atoms with Crippen molar-refractivity contribution in [3.63, 3.8) is 0 Å². The Hall–Kier alpha value is -1.35. The third-order valence-corrected chi connectivity index (χ3v) is 7.11. The van der Waals surface area contributed by atoms with Gasteiger partial charge in [0, 0.05) is 6.04 Å². The first-order valence-electron chi connectivity index (χ1n) is 9.68. The predicted molar refractivity (Wildman–Crippen MR) is 92.3 cm³/mol. The largest absolute Gasteiger partial charge is 0.426 e. The highest BCUT2D eigenvalue weighted by Crippen LogP contribution is 2.63. The van der Waals surface area contributed by atoms with E-state index in [-0.39, 0.29) is 17.9 Å². The van der Waals surface area contributed by atoms with Crippen molar-refractivity contribution in [2.75, 3.05) is 0 Å². The molecule has 5 saturated carbocycles. The predicted octanol–water partition coefficient (Wildman–Crippen LogP) is 4.22. The van der Waals surface area contributed by atoms with Crippen molar-refractivity contribution < 1.29 is 9.53 Å². The number of nitrogens with two attached hydrogens (primary N) is 1. The van der Waals surface area contributed by atoms with E-state index in [9.17, 15) is 4.79 Å². The maximum absolute atomic E-state index is 11.8. The van der Waals surface area contributed by atoms with Gasteiger partial charge in [-0.05, 0) is 92.2 Å². The molecular weight excluding hydrogens is 298 g/mol. The summed E-state index contributed by atoms with van der Waals surface area (Å²) in [5.74, 6) is 3.48. The Morgan fingerprint density at radius 1 is 1.00 bits per heavy atom. The molecule has 1 unspecified atom stereocenters. The Kier molecular flexibility index (Phi) is 3.31. The summed E-state index contributed by atoms with van der Waals surface area (Å²) >= 11 is 0. The molecule has 0 amide bonds. The van der Waals surface area contributed by atoms with Crippen LogP contribution >= 0.6 is 0 Å². The van der Waals surface area contributed by atoms with E-state index in [2.05, 4.69) is 12.1 Å². The van der Waals surface area contributed by atoms with E-state index in [4.69, 9.17) is 10.5 Å². The van der Waals surface area contributed by atoms with E-state index in [1.807, 2.05) is 12.1 Å². The van der Waals surface area contributed by atoms with E-state index in [0.717, 1.165) is 30.6 Å². The quantitative estimate of drug-likeness (QED) is 0.666. The van der Waals surface area contributed by atoms with E-state index in [1.165, 1.54) is 44.1 Å². The summed E-state index contributed by atoms with van der Waals surface area (Å²) in [5.41, 5.74) is 8.33.